The first-order chi connectivity index (χ1) is 15.0. The van der Waals surface area contributed by atoms with E-state index in [1.807, 2.05) is 34.9 Å². The number of imide groups is 1. The number of benzene rings is 2. The topological polar surface area (TPSA) is 125 Å². The van der Waals surface area contributed by atoms with Crippen molar-refractivity contribution < 1.29 is 9.59 Å². The molecule has 0 spiro atoms. The summed E-state index contributed by atoms with van der Waals surface area (Å²) in [4.78, 5) is 36.4. The maximum Gasteiger partial charge on any atom is 0.262 e. The highest BCUT2D eigenvalue weighted by Crippen LogP contribution is 2.24. The molecular formula is C22H16N6O3. The third kappa shape index (κ3) is 3.08. The Morgan fingerprint density at radius 1 is 0.935 bits per heavy atom. The minimum absolute atomic E-state index is 0.00520. The van der Waals surface area contributed by atoms with Gasteiger partial charge in [0.2, 0.25) is 0 Å². The van der Waals surface area contributed by atoms with E-state index in [1.165, 1.54) is 4.57 Å². The summed E-state index contributed by atoms with van der Waals surface area (Å²) in [5.41, 5.74) is 7.98. The minimum Gasteiger partial charge on any atom is -0.384 e. The molecule has 9 nitrogen and oxygen atoms in total. The number of pyridine rings is 1. The fraction of sp³-hybridized carbons (Fsp3) is 0.0455. The third-order valence-corrected chi connectivity index (χ3v) is 5.15. The van der Waals surface area contributed by atoms with E-state index < -0.39 is 17.4 Å². The monoisotopic (exact) mass is 412 g/mol. The number of carbonyl (C=O) groups is 2. The molecule has 0 aliphatic carbocycles. The van der Waals surface area contributed by atoms with Gasteiger partial charge in [-0.25, -0.2) is 0 Å². The standard InChI is InChI=1S/C22H16N6O3/c23-19-18-16(21(30)25-22(18)31)10-17(29)28(19)15-8-6-14(7-9-15)20-26-24-12-27(20)11-13-4-2-1-3-5-13/h1-10,12H,11,23H2,(H,25,30,31). The van der Waals surface area contributed by atoms with Gasteiger partial charge in [0, 0.05) is 11.6 Å². The van der Waals surface area contributed by atoms with Crippen LogP contribution in [0.4, 0.5) is 5.82 Å². The molecule has 0 radical (unpaired) electrons. The second kappa shape index (κ2) is 7.06. The van der Waals surface area contributed by atoms with E-state index in [0.29, 0.717) is 18.1 Å². The summed E-state index contributed by atoms with van der Waals surface area (Å²) in [5.74, 6) is -0.638. The van der Waals surface area contributed by atoms with Crippen LogP contribution in [0.5, 0.6) is 0 Å². The van der Waals surface area contributed by atoms with Gasteiger partial charge in [-0.05, 0) is 29.8 Å². The molecule has 0 saturated carbocycles. The van der Waals surface area contributed by atoms with Gasteiger partial charge in [-0.1, -0.05) is 30.3 Å². The van der Waals surface area contributed by atoms with Gasteiger partial charge in [0.25, 0.3) is 17.4 Å². The molecule has 9 heteroatoms. The number of carbonyl (C=O) groups excluding carboxylic acids is 2. The predicted octanol–water partition coefficient (Wildman–Crippen LogP) is 1.61. The Balaban J connectivity index is 1.51. The Hall–Kier alpha value is -4.53. The lowest BCUT2D eigenvalue weighted by molar-refractivity contribution is 0.0880. The summed E-state index contributed by atoms with van der Waals surface area (Å²) in [6.45, 7) is 0.616. The van der Waals surface area contributed by atoms with E-state index in [2.05, 4.69) is 15.5 Å². The van der Waals surface area contributed by atoms with Gasteiger partial charge in [0.1, 0.15) is 12.1 Å². The first-order valence-electron chi connectivity index (χ1n) is 9.46. The van der Waals surface area contributed by atoms with Crippen LogP contribution >= 0.6 is 0 Å². The molecule has 0 saturated heterocycles. The Bertz CT molecular complexity index is 1390. The number of aromatic nitrogens is 4. The first kappa shape index (κ1) is 18.5. The fourth-order valence-electron chi connectivity index (χ4n) is 3.68. The van der Waals surface area contributed by atoms with Gasteiger partial charge in [0.15, 0.2) is 5.82 Å². The quantitative estimate of drug-likeness (QED) is 0.491. The van der Waals surface area contributed by atoms with Crippen molar-refractivity contribution in [3.63, 3.8) is 0 Å². The molecular weight excluding hydrogens is 396 g/mol. The van der Waals surface area contributed by atoms with Crippen LogP contribution in [-0.4, -0.2) is 31.1 Å². The van der Waals surface area contributed by atoms with Gasteiger partial charge < -0.3 is 10.3 Å². The zero-order valence-electron chi connectivity index (χ0n) is 16.1. The Morgan fingerprint density at radius 3 is 2.42 bits per heavy atom. The number of fused-ring (bicyclic) bond motifs is 1. The van der Waals surface area contributed by atoms with Crippen LogP contribution in [0.3, 0.4) is 0 Å². The van der Waals surface area contributed by atoms with Crippen molar-refractivity contribution >= 4 is 17.6 Å². The average molecular weight is 412 g/mol. The van der Waals surface area contributed by atoms with Crippen LogP contribution in [0.1, 0.15) is 26.3 Å². The van der Waals surface area contributed by atoms with E-state index in [-0.39, 0.29) is 16.9 Å². The Kier molecular flexibility index (Phi) is 4.21. The minimum atomic E-state index is -0.621. The Morgan fingerprint density at radius 2 is 1.68 bits per heavy atom. The predicted molar refractivity (Wildman–Crippen MR) is 113 cm³/mol. The van der Waals surface area contributed by atoms with Crippen LogP contribution in [0.2, 0.25) is 0 Å². The number of nitrogens with two attached hydrogens (primary N) is 1. The third-order valence-electron chi connectivity index (χ3n) is 5.15. The molecule has 0 fully saturated rings. The number of nitrogens with one attached hydrogen (secondary N) is 1. The van der Waals surface area contributed by atoms with E-state index in [1.54, 1.807) is 30.6 Å². The highest BCUT2D eigenvalue weighted by molar-refractivity contribution is 6.23. The van der Waals surface area contributed by atoms with Crippen LogP contribution < -0.4 is 16.6 Å². The molecule has 4 aromatic rings. The van der Waals surface area contributed by atoms with Gasteiger partial charge in [-0.2, -0.15) is 0 Å². The molecule has 3 N–H and O–H groups in total. The number of amides is 2. The summed E-state index contributed by atoms with van der Waals surface area (Å²) < 4.78 is 3.13. The molecule has 2 amide bonds. The molecule has 2 aromatic carbocycles. The zero-order chi connectivity index (χ0) is 21.5. The largest absolute Gasteiger partial charge is 0.384 e. The highest BCUT2D eigenvalue weighted by Gasteiger charge is 2.31. The van der Waals surface area contributed by atoms with Gasteiger partial charge in [-0.3, -0.25) is 24.3 Å². The molecule has 0 unspecified atom stereocenters. The molecule has 31 heavy (non-hydrogen) atoms. The maximum absolute atomic E-state index is 12.6. The average Bonchev–Trinajstić information content (AvgIpc) is 3.33. The molecule has 152 valence electrons. The molecule has 2 aromatic heterocycles. The molecule has 1 aliphatic rings. The van der Waals surface area contributed by atoms with Crippen molar-refractivity contribution in [3.8, 4) is 17.1 Å². The van der Waals surface area contributed by atoms with E-state index in [9.17, 15) is 14.4 Å². The normalized spacial score (nSPS) is 12.6. The first-order valence-corrected chi connectivity index (χ1v) is 9.46. The van der Waals surface area contributed by atoms with Crippen molar-refractivity contribution in [1.29, 1.82) is 0 Å². The number of anilines is 1. The SMILES string of the molecule is Nc1c2c(cc(=O)n1-c1ccc(-c3nncn3Cc3ccccc3)cc1)C(=O)NC2=O. The number of hydrogen-bond donors (Lipinski definition) is 2. The van der Waals surface area contributed by atoms with Crippen molar-refractivity contribution in [2.75, 3.05) is 5.73 Å². The number of hydrogen-bond acceptors (Lipinski definition) is 6. The molecule has 1 aliphatic heterocycles. The summed E-state index contributed by atoms with van der Waals surface area (Å²) >= 11 is 0. The number of nitrogens with zero attached hydrogens (tertiary/aromatic N) is 4. The number of nitrogen functional groups attached to an aromatic ring is 1. The lowest BCUT2D eigenvalue weighted by Crippen LogP contribution is -2.24. The van der Waals surface area contributed by atoms with Crippen LogP contribution in [0, 0.1) is 0 Å². The van der Waals surface area contributed by atoms with Gasteiger partial charge >= 0.3 is 0 Å². The lowest BCUT2D eigenvalue weighted by atomic mass is 10.1. The molecule has 3 heterocycles. The van der Waals surface area contributed by atoms with E-state index in [0.717, 1.165) is 17.2 Å². The van der Waals surface area contributed by atoms with Crippen molar-refractivity contribution in [3.05, 3.63) is 94.0 Å². The van der Waals surface area contributed by atoms with Crippen molar-refractivity contribution in [2.24, 2.45) is 0 Å². The summed E-state index contributed by atoms with van der Waals surface area (Å²) in [7, 11) is 0. The van der Waals surface area contributed by atoms with E-state index >= 15 is 0 Å². The van der Waals surface area contributed by atoms with Crippen molar-refractivity contribution in [1.82, 2.24) is 24.6 Å². The zero-order valence-corrected chi connectivity index (χ0v) is 16.1. The fourth-order valence-corrected chi connectivity index (χ4v) is 3.68. The molecule has 0 atom stereocenters. The highest BCUT2D eigenvalue weighted by atomic mass is 16.2. The summed E-state index contributed by atoms with van der Waals surface area (Å²) in [5, 5.41) is 10.4. The molecule has 0 bridgehead atoms. The maximum atomic E-state index is 12.6. The lowest BCUT2D eigenvalue weighted by Gasteiger charge is -2.12. The summed E-state index contributed by atoms with van der Waals surface area (Å²) in [6.07, 6.45) is 1.66. The van der Waals surface area contributed by atoms with Gasteiger partial charge in [0.05, 0.1) is 23.4 Å². The smallest absolute Gasteiger partial charge is 0.262 e. The second-order valence-corrected chi connectivity index (χ2v) is 7.09. The van der Waals surface area contributed by atoms with Crippen LogP contribution in [-0.2, 0) is 6.54 Å². The Labute approximate surface area is 175 Å². The second-order valence-electron chi connectivity index (χ2n) is 7.09. The van der Waals surface area contributed by atoms with Crippen LogP contribution in [0.15, 0.2) is 71.8 Å². The van der Waals surface area contributed by atoms with Crippen molar-refractivity contribution in [2.45, 2.75) is 6.54 Å². The van der Waals surface area contributed by atoms with Gasteiger partial charge in [-0.15, -0.1) is 10.2 Å². The number of rotatable bonds is 4. The summed E-state index contributed by atoms with van der Waals surface area (Å²) in [6, 6.07) is 18.1. The van der Waals surface area contributed by atoms with Crippen LogP contribution in [0.25, 0.3) is 17.1 Å². The van der Waals surface area contributed by atoms with E-state index in [4.69, 9.17) is 5.73 Å². The molecule has 5 rings (SSSR count).